The molecule has 1 fully saturated rings. The average molecular weight is 226 g/mol. The average Bonchev–Trinajstić information content (AvgIpc) is 2.71. The Morgan fingerprint density at radius 3 is 2.67 bits per heavy atom. The van der Waals surface area contributed by atoms with Crippen LogP contribution >= 0.6 is 11.5 Å². The predicted molar refractivity (Wildman–Crippen MR) is 63.5 cm³/mol. The summed E-state index contributed by atoms with van der Waals surface area (Å²) in [5.74, 6) is 0.885. The largest absolute Gasteiger partial charge is 0.343 e. The molecule has 2 atom stereocenters. The van der Waals surface area contributed by atoms with Crippen molar-refractivity contribution in [2.75, 3.05) is 25.5 Å². The number of likely N-dealkylation sites (N-methyl/N-ethyl adjacent to an activating group) is 1. The minimum Gasteiger partial charge on any atom is -0.343 e. The van der Waals surface area contributed by atoms with Crippen molar-refractivity contribution < 1.29 is 0 Å². The highest BCUT2D eigenvalue weighted by Gasteiger charge is 2.33. The Morgan fingerprint density at radius 2 is 2.20 bits per heavy atom. The molecule has 0 radical (unpaired) electrons. The highest BCUT2D eigenvalue weighted by molar-refractivity contribution is 7.09. The lowest BCUT2D eigenvalue weighted by molar-refractivity contribution is 0.283. The van der Waals surface area contributed by atoms with Gasteiger partial charge in [0.05, 0.1) is 0 Å². The van der Waals surface area contributed by atoms with E-state index in [2.05, 4.69) is 40.2 Å². The van der Waals surface area contributed by atoms with Crippen LogP contribution in [0, 0.1) is 6.92 Å². The summed E-state index contributed by atoms with van der Waals surface area (Å²) in [6.07, 6.45) is 1.22. The monoisotopic (exact) mass is 226 g/mol. The van der Waals surface area contributed by atoms with Crippen molar-refractivity contribution in [3.05, 3.63) is 5.82 Å². The molecule has 0 aliphatic carbocycles. The van der Waals surface area contributed by atoms with Gasteiger partial charge in [0.2, 0.25) is 5.13 Å². The molecule has 1 aliphatic rings. The summed E-state index contributed by atoms with van der Waals surface area (Å²) in [7, 11) is 4.30. The van der Waals surface area contributed by atoms with E-state index in [-0.39, 0.29) is 0 Å². The standard InChI is InChI=1S/C10H18N4S/c1-7-9(13(3)4)5-6-14(7)10-11-8(2)12-15-10/h7,9H,5-6H2,1-4H3/t7-,9+/m1/s1. The number of hydrogen-bond acceptors (Lipinski definition) is 5. The van der Waals surface area contributed by atoms with E-state index in [1.165, 1.54) is 18.0 Å². The van der Waals surface area contributed by atoms with Crippen LogP contribution in [0.4, 0.5) is 5.13 Å². The molecule has 1 aromatic rings. The van der Waals surface area contributed by atoms with Crippen molar-refractivity contribution in [3.8, 4) is 0 Å². The third-order valence-corrected chi connectivity index (χ3v) is 3.98. The fourth-order valence-electron chi connectivity index (χ4n) is 2.29. The van der Waals surface area contributed by atoms with Crippen LogP contribution in [0.3, 0.4) is 0 Å². The Bertz CT molecular complexity index is 336. The van der Waals surface area contributed by atoms with Gasteiger partial charge in [-0.05, 0) is 34.4 Å². The van der Waals surface area contributed by atoms with Crippen molar-refractivity contribution in [1.29, 1.82) is 0 Å². The molecule has 0 N–H and O–H groups in total. The minimum absolute atomic E-state index is 0.535. The van der Waals surface area contributed by atoms with Crippen molar-refractivity contribution in [1.82, 2.24) is 14.3 Å². The quantitative estimate of drug-likeness (QED) is 0.762. The van der Waals surface area contributed by atoms with Crippen LogP contribution in [0.5, 0.6) is 0 Å². The van der Waals surface area contributed by atoms with E-state index in [9.17, 15) is 0 Å². The van der Waals surface area contributed by atoms with E-state index in [0.717, 1.165) is 17.5 Å². The second kappa shape index (κ2) is 4.06. The third kappa shape index (κ3) is 1.99. The van der Waals surface area contributed by atoms with E-state index >= 15 is 0 Å². The van der Waals surface area contributed by atoms with Crippen molar-refractivity contribution >= 4 is 16.7 Å². The van der Waals surface area contributed by atoms with Crippen LogP contribution < -0.4 is 4.90 Å². The van der Waals surface area contributed by atoms with Gasteiger partial charge in [0.25, 0.3) is 0 Å². The number of anilines is 1. The normalized spacial score (nSPS) is 26.6. The fourth-order valence-corrected chi connectivity index (χ4v) is 3.08. The van der Waals surface area contributed by atoms with E-state index in [1.54, 1.807) is 0 Å². The molecule has 1 aromatic heterocycles. The summed E-state index contributed by atoms with van der Waals surface area (Å²) < 4.78 is 4.24. The molecule has 0 amide bonds. The number of nitrogens with zero attached hydrogens (tertiary/aromatic N) is 4. The van der Waals surface area contributed by atoms with E-state index in [1.807, 2.05) is 6.92 Å². The van der Waals surface area contributed by atoms with Crippen molar-refractivity contribution in [3.63, 3.8) is 0 Å². The smallest absolute Gasteiger partial charge is 0.205 e. The first-order chi connectivity index (χ1) is 7.09. The van der Waals surface area contributed by atoms with Gasteiger partial charge in [-0.1, -0.05) is 0 Å². The summed E-state index contributed by atoms with van der Waals surface area (Å²) in [6, 6.07) is 1.17. The van der Waals surface area contributed by atoms with Gasteiger partial charge in [0.1, 0.15) is 5.82 Å². The number of aryl methyl sites for hydroxylation is 1. The molecule has 1 aliphatic heterocycles. The summed E-state index contributed by atoms with van der Waals surface area (Å²) in [5.41, 5.74) is 0. The van der Waals surface area contributed by atoms with Gasteiger partial charge in [-0.3, -0.25) is 0 Å². The fraction of sp³-hybridized carbons (Fsp3) is 0.800. The van der Waals surface area contributed by atoms with Gasteiger partial charge in [0, 0.05) is 30.2 Å². The Hall–Kier alpha value is -0.680. The first-order valence-electron chi connectivity index (χ1n) is 5.33. The molecule has 0 unspecified atom stereocenters. The van der Waals surface area contributed by atoms with Gasteiger partial charge in [-0.2, -0.15) is 4.37 Å². The molecule has 15 heavy (non-hydrogen) atoms. The Kier molecular flexibility index (Phi) is 2.93. The van der Waals surface area contributed by atoms with E-state index in [4.69, 9.17) is 0 Å². The first-order valence-corrected chi connectivity index (χ1v) is 6.10. The molecule has 5 heteroatoms. The van der Waals surface area contributed by atoms with E-state index < -0.39 is 0 Å². The number of hydrogen-bond donors (Lipinski definition) is 0. The van der Waals surface area contributed by atoms with Crippen molar-refractivity contribution in [2.45, 2.75) is 32.4 Å². The van der Waals surface area contributed by atoms with E-state index in [0.29, 0.717) is 12.1 Å². The SMILES string of the molecule is Cc1nsc(N2CC[C@H](N(C)C)[C@H]2C)n1. The molecular weight excluding hydrogens is 208 g/mol. The van der Waals surface area contributed by atoms with Crippen molar-refractivity contribution in [2.24, 2.45) is 0 Å². The summed E-state index contributed by atoms with van der Waals surface area (Å²) in [6.45, 7) is 5.32. The zero-order valence-corrected chi connectivity index (χ0v) is 10.6. The van der Waals surface area contributed by atoms with Crippen LogP contribution in [0.15, 0.2) is 0 Å². The lowest BCUT2D eigenvalue weighted by Gasteiger charge is -2.27. The lowest BCUT2D eigenvalue weighted by Crippen LogP contribution is -2.39. The molecule has 0 bridgehead atoms. The second-order valence-corrected chi connectivity index (χ2v) is 5.11. The predicted octanol–water partition coefficient (Wildman–Crippen LogP) is 1.38. The zero-order chi connectivity index (χ0) is 11.0. The minimum atomic E-state index is 0.535. The summed E-state index contributed by atoms with van der Waals surface area (Å²) >= 11 is 1.51. The molecule has 0 saturated carbocycles. The maximum Gasteiger partial charge on any atom is 0.205 e. The van der Waals surface area contributed by atoms with Crippen LogP contribution in [0.1, 0.15) is 19.2 Å². The van der Waals surface area contributed by atoms with Crippen LogP contribution in [-0.4, -0.2) is 47.0 Å². The summed E-state index contributed by atoms with van der Waals surface area (Å²) in [4.78, 5) is 9.13. The molecule has 0 spiro atoms. The number of rotatable bonds is 2. The maximum absolute atomic E-state index is 4.45. The Labute approximate surface area is 95.1 Å². The van der Waals surface area contributed by atoms with Gasteiger partial charge in [-0.15, -0.1) is 0 Å². The van der Waals surface area contributed by atoms with Crippen LogP contribution in [-0.2, 0) is 0 Å². The molecule has 4 nitrogen and oxygen atoms in total. The molecule has 0 aromatic carbocycles. The van der Waals surface area contributed by atoms with Gasteiger partial charge in [-0.25, -0.2) is 4.98 Å². The molecular formula is C10H18N4S. The molecule has 2 rings (SSSR count). The Morgan fingerprint density at radius 1 is 1.47 bits per heavy atom. The lowest BCUT2D eigenvalue weighted by atomic mass is 10.1. The molecule has 1 saturated heterocycles. The Balaban J connectivity index is 2.13. The highest BCUT2D eigenvalue weighted by Crippen LogP contribution is 2.28. The first kappa shape index (κ1) is 10.8. The van der Waals surface area contributed by atoms with Gasteiger partial charge < -0.3 is 9.80 Å². The van der Waals surface area contributed by atoms with Crippen LogP contribution in [0.2, 0.25) is 0 Å². The topological polar surface area (TPSA) is 32.3 Å². The zero-order valence-electron chi connectivity index (χ0n) is 9.77. The summed E-state index contributed by atoms with van der Waals surface area (Å²) in [5, 5.41) is 1.07. The molecule has 2 heterocycles. The second-order valence-electron chi connectivity index (χ2n) is 4.38. The van der Waals surface area contributed by atoms with Gasteiger partial charge in [0.15, 0.2) is 0 Å². The third-order valence-electron chi connectivity index (χ3n) is 3.14. The molecule has 84 valence electrons. The maximum atomic E-state index is 4.45. The van der Waals surface area contributed by atoms with Gasteiger partial charge >= 0.3 is 0 Å². The van der Waals surface area contributed by atoms with Crippen LogP contribution in [0.25, 0.3) is 0 Å². The highest BCUT2D eigenvalue weighted by atomic mass is 32.1. The number of aromatic nitrogens is 2.